The van der Waals surface area contributed by atoms with E-state index in [0.29, 0.717) is 30.3 Å². The Morgan fingerprint density at radius 1 is 1.06 bits per heavy atom. The summed E-state index contributed by atoms with van der Waals surface area (Å²) in [5.74, 6) is 0.0872. The van der Waals surface area contributed by atoms with Crippen LogP contribution in [0, 0.1) is 12.8 Å². The van der Waals surface area contributed by atoms with Gasteiger partial charge in [-0.2, -0.15) is 0 Å². The Bertz CT molecular complexity index is 981. The van der Waals surface area contributed by atoms with Crippen LogP contribution in [0.3, 0.4) is 0 Å². The summed E-state index contributed by atoms with van der Waals surface area (Å²) in [4.78, 5) is 23.0. The molecule has 0 unspecified atom stereocenters. The molecule has 0 radical (unpaired) electrons. The van der Waals surface area contributed by atoms with Gasteiger partial charge in [0.15, 0.2) is 0 Å². The first-order valence-corrected chi connectivity index (χ1v) is 11.8. The molecular formula is C22H29N3O5S. The number of rotatable bonds is 5. The number of anilines is 1. The Morgan fingerprint density at radius 3 is 2.06 bits per heavy atom. The average Bonchev–Trinajstić information content (AvgIpc) is 2.70. The van der Waals surface area contributed by atoms with Crippen molar-refractivity contribution in [3.8, 4) is 0 Å². The van der Waals surface area contributed by atoms with E-state index in [2.05, 4.69) is 35.9 Å². The number of nitrogens with two attached hydrogens (primary N) is 1. The zero-order chi connectivity index (χ0) is 23.0. The van der Waals surface area contributed by atoms with Crippen LogP contribution in [0.15, 0.2) is 48.5 Å². The number of piperidine rings is 1. The van der Waals surface area contributed by atoms with E-state index in [-0.39, 0.29) is 0 Å². The number of amides is 2. The second-order valence-corrected chi connectivity index (χ2v) is 9.47. The molecule has 0 aromatic heterocycles. The second-order valence-electron chi connectivity index (χ2n) is 7.72. The van der Waals surface area contributed by atoms with Crippen LogP contribution in [0.5, 0.6) is 0 Å². The second kappa shape index (κ2) is 10.8. The molecule has 2 amide bonds. The molecule has 0 saturated carbocycles. The van der Waals surface area contributed by atoms with Crippen molar-refractivity contribution in [2.45, 2.75) is 26.2 Å². The molecule has 0 bridgehead atoms. The number of carboxylic acid groups (broad SMARTS) is 1. The summed E-state index contributed by atoms with van der Waals surface area (Å²) in [6.07, 6.45) is 3.32. The van der Waals surface area contributed by atoms with Crippen LogP contribution in [0.1, 0.15) is 34.3 Å². The van der Waals surface area contributed by atoms with Gasteiger partial charge in [0.1, 0.15) is 0 Å². The molecule has 1 fully saturated rings. The molecule has 0 aliphatic carbocycles. The number of nitrogens with zero attached hydrogens (tertiary/aromatic N) is 1. The van der Waals surface area contributed by atoms with Crippen LogP contribution in [0.4, 0.5) is 10.5 Å². The Hall–Kier alpha value is -3.07. The fraction of sp³-hybridized carbons (Fsp3) is 0.364. The number of carbonyl (C=O) groups excluding carboxylic acids is 1. The number of likely N-dealkylation sites (tertiary alicyclic amines) is 1. The van der Waals surface area contributed by atoms with Crippen molar-refractivity contribution in [3.05, 3.63) is 65.2 Å². The first-order chi connectivity index (χ1) is 14.5. The van der Waals surface area contributed by atoms with Crippen molar-refractivity contribution in [3.63, 3.8) is 0 Å². The fourth-order valence-corrected chi connectivity index (χ4v) is 3.87. The van der Waals surface area contributed by atoms with Crippen LogP contribution in [-0.2, 0) is 16.4 Å². The molecule has 1 aliphatic heterocycles. The summed E-state index contributed by atoms with van der Waals surface area (Å²) < 4.78 is 23.9. The molecule has 31 heavy (non-hydrogen) atoms. The van der Waals surface area contributed by atoms with Gasteiger partial charge in [-0.25, -0.2) is 13.2 Å². The summed E-state index contributed by atoms with van der Waals surface area (Å²) in [6.45, 7) is 3.47. The van der Waals surface area contributed by atoms with Crippen molar-refractivity contribution < 1.29 is 23.1 Å². The lowest BCUT2D eigenvalue weighted by Gasteiger charge is -2.30. The summed E-state index contributed by atoms with van der Waals surface area (Å²) >= 11 is 0. The molecule has 1 heterocycles. The first kappa shape index (κ1) is 24.2. The van der Waals surface area contributed by atoms with Crippen molar-refractivity contribution in [2.75, 3.05) is 24.1 Å². The smallest absolute Gasteiger partial charge is 0.407 e. The number of nitrogens with one attached hydrogen (secondary N) is 1. The standard InChI is InChI=1S/C14H19NO2.C8H10N2O3S/c1-11-2-4-12(5-3-11)10-13-6-8-15(9-7-13)14(16)17;1-14(12,13)10-7-4-2-6(3-5-7)8(9)11/h2-5,13H,6-10H2,1H3,(H,16,17);2-5,10H,1H3,(H2,9,11). The van der Waals surface area contributed by atoms with Crippen molar-refractivity contribution in [1.29, 1.82) is 0 Å². The van der Waals surface area contributed by atoms with Gasteiger partial charge in [-0.1, -0.05) is 29.8 Å². The minimum atomic E-state index is -3.28. The Labute approximate surface area is 183 Å². The van der Waals surface area contributed by atoms with Gasteiger partial charge in [0.2, 0.25) is 15.9 Å². The van der Waals surface area contributed by atoms with E-state index in [9.17, 15) is 18.0 Å². The zero-order valence-corrected chi connectivity index (χ0v) is 18.6. The van der Waals surface area contributed by atoms with Crippen LogP contribution >= 0.6 is 0 Å². The summed E-state index contributed by atoms with van der Waals surface area (Å²) in [5.41, 5.74) is 8.40. The van der Waals surface area contributed by atoms with E-state index < -0.39 is 22.0 Å². The lowest BCUT2D eigenvalue weighted by molar-refractivity contribution is 0.1000. The quantitative estimate of drug-likeness (QED) is 0.648. The predicted molar refractivity (Wildman–Crippen MR) is 121 cm³/mol. The van der Waals surface area contributed by atoms with Crippen molar-refractivity contribution >= 4 is 27.7 Å². The van der Waals surface area contributed by atoms with E-state index >= 15 is 0 Å². The van der Waals surface area contributed by atoms with Gasteiger partial charge < -0.3 is 15.7 Å². The Kier molecular flexibility index (Phi) is 8.44. The first-order valence-electron chi connectivity index (χ1n) is 9.94. The molecule has 2 aromatic rings. The van der Waals surface area contributed by atoms with Crippen molar-refractivity contribution in [1.82, 2.24) is 4.90 Å². The molecule has 8 nitrogen and oxygen atoms in total. The Morgan fingerprint density at radius 2 is 1.61 bits per heavy atom. The van der Waals surface area contributed by atoms with Crippen LogP contribution < -0.4 is 10.5 Å². The molecule has 9 heteroatoms. The van der Waals surface area contributed by atoms with Gasteiger partial charge in [0.05, 0.1) is 6.26 Å². The van der Waals surface area contributed by atoms with Gasteiger partial charge in [-0.05, 0) is 61.9 Å². The molecular weight excluding hydrogens is 418 g/mol. The van der Waals surface area contributed by atoms with E-state index in [1.807, 2.05) is 0 Å². The van der Waals surface area contributed by atoms with E-state index in [0.717, 1.165) is 25.5 Å². The normalized spacial score (nSPS) is 14.3. The fourth-order valence-electron chi connectivity index (χ4n) is 3.30. The third-order valence-electron chi connectivity index (χ3n) is 5.00. The molecule has 2 aromatic carbocycles. The summed E-state index contributed by atoms with van der Waals surface area (Å²) in [6, 6.07) is 14.5. The largest absolute Gasteiger partial charge is 0.465 e. The SMILES string of the molecule is CS(=O)(=O)Nc1ccc(C(N)=O)cc1.Cc1ccc(CC2CCN(C(=O)O)CC2)cc1. The van der Waals surface area contributed by atoms with Crippen LogP contribution in [0.25, 0.3) is 0 Å². The van der Waals surface area contributed by atoms with Gasteiger partial charge >= 0.3 is 6.09 Å². The highest BCUT2D eigenvalue weighted by Gasteiger charge is 2.22. The third kappa shape index (κ3) is 8.67. The molecule has 1 saturated heterocycles. The number of carbonyl (C=O) groups is 2. The highest BCUT2D eigenvalue weighted by atomic mass is 32.2. The number of benzene rings is 2. The monoisotopic (exact) mass is 447 g/mol. The maximum absolute atomic E-state index is 10.8. The average molecular weight is 448 g/mol. The van der Waals surface area contributed by atoms with E-state index in [1.54, 1.807) is 0 Å². The van der Waals surface area contributed by atoms with Crippen molar-refractivity contribution in [2.24, 2.45) is 11.7 Å². The number of primary amides is 1. The van der Waals surface area contributed by atoms with E-state index in [4.69, 9.17) is 10.8 Å². The minimum absolute atomic E-state index is 0.337. The maximum Gasteiger partial charge on any atom is 0.407 e. The highest BCUT2D eigenvalue weighted by Crippen LogP contribution is 2.21. The maximum atomic E-state index is 10.8. The van der Waals surface area contributed by atoms with Gasteiger partial charge in [0, 0.05) is 24.3 Å². The molecule has 4 N–H and O–H groups in total. The molecule has 0 atom stereocenters. The summed E-state index contributed by atoms with van der Waals surface area (Å²) in [5, 5.41) is 8.87. The molecule has 1 aliphatic rings. The van der Waals surface area contributed by atoms with E-state index in [1.165, 1.54) is 40.3 Å². The number of sulfonamides is 1. The predicted octanol–water partition coefficient (Wildman–Crippen LogP) is 3.08. The zero-order valence-electron chi connectivity index (χ0n) is 17.7. The minimum Gasteiger partial charge on any atom is -0.465 e. The lowest BCUT2D eigenvalue weighted by atomic mass is 9.90. The number of aryl methyl sites for hydroxylation is 1. The molecule has 3 rings (SSSR count). The Balaban J connectivity index is 0.000000225. The van der Waals surface area contributed by atoms with Crippen LogP contribution in [-0.4, -0.2) is 49.8 Å². The number of hydrogen-bond donors (Lipinski definition) is 3. The van der Waals surface area contributed by atoms with Gasteiger partial charge in [-0.15, -0.1) is 0 Å². The topological polar surface area (TPSA) is 130 Å². The summed E-state index contributed by atoms with van der Waals surface area (Å²) in [7, 11) is -3.28. The van der Waals surface area contributed by atoms with Gasteiger partial charge in [0.25, 0.3) is 0 Å². The highest BCUT2D eigenvalue weighted by molar-refractivity contribution is 7.92. The molecule has 168 valence electrons. The molecule has 0 spiro atoms. The van der Waals surface area contributed by atoms with Crippen LogP contribution in [0.2, 0.25) is 0 Å². The third-order valence-corrected chi connectivity index (χ3v) is 5.61. The lowest BCUT2D eigenvalue weighted by Crippen LogP contribution is -2.37. The van der Waals surface area contributed by atoms with Gasteiger partial charge in [-0.3, -0.25) is 9.52 Å². The number of hydrogen-bond acceptors (Lipinski definition) is 4.